The zero-order valence-electron chi connectivity index (χ0n) is 51.4. The van der Waals surface area contributed by atoms with E-state index in [1.54, 1.807) is 0 Å². The third-order valence-corrected chi connectivity index (χ3v) is 16.2. The molecule has 0 aromatic rings. The van der Waals surface area contributed by atoms with Crippen molar-refractivity contribution < 1.29 is 24.4 Å². The first-order valence-corrected chi connectivity index (χ1v) is 32.0. The van der Waals surface area contributed by atoms with Crippen LogP contribution >= 0.6 is 0 Å². The number of aliphatic hydroxyl groups excluding tert-OH is 2. The van der Waals surface area contributed by atoms with E-state index in [9.17, 15) is 10.2 Å². The van der Waals surface area contributed by atoms with Gasteiger partial charge in [-0.15, -0.1) is 0 Å². The fourth-order valence-electron chi connectivity index (χ4n) is 13.6. The van der Waals surface area contributed by atoms with Gasteiger partial charge in [0, 0.05) is 13.2 Å². The zero-order chi connectivity index (χ0) is 53.4. The second kappa shape index (κ2) is 45.9. The van der Waals surface area contributed by atoms with Crippen LogP contribution < -0.4 is 0 Å². The molecule has 16 unspecified atom stereocenters. The molecule has 0 rings (SSSR count). The second-order valence-electron chi connectivity index (χ2n) is 26.6. The molecule has 0 fully saturated rings. The first-order chi connectivity index (χ1) is 33.7. The topological polar surface area (TPSA) is 68.2 Å². The maximum Gasteiger partial charge on any atom is 0.160 e. The molecule has 0 aromatic carbocycles. The summed E-state index contributed by atoms with van der Waals surface area (Å²) in [6.45, 7) is 39.4. The Bertz CT molecular complexity index is 1030. The molecule has 0 saturated heterocycles. The maximum absolute atomic E-state index is 9.83. The largest absolute Gasteiger partial charge is 0.393 e. The van der Waals surface area contributed by atoms with Crippen LogP contribution in [0.25, 0.3) is 0 Å². The molecule has 2 N–H and O–H groups in total. The molecule has 5 heteroatoms. The van der Waals surface area contributed by atoms with Gasteiger partial charge in [-0.3, -0.25) is 0 Å². The Kier molecular flexibility index (Phi) is 45.8. The first kappa shape index (κ1) is 70.8. The highest BCUT2D eigenvalue weighted by atomic mass is 16.8. The maximum atomic E-state index is 9.83. The van der Waals surface area contributed by atoms with Crippen molar-refractivity contribution in [3.05, 3.63) is 0 Å². The molecule has 0 bridgehead atoms. The number of rotatable bonds is 52. The smallest absolute Gasteiger partial charge is 0.160 e. The minimum absolute atomic E-state index is 0.186. The molecular weight excluding hydrogens is 873 g/mol. The molecule has 0 aromatic heterocycles. The Morgan fingerprint density at radius 2 is 0.479 bits per heavy atom. The Labute approximate surface area is 447 Å². The summed E-state index contributed by atoms with van der Waals surface area (Å²) in [6, 6.07) is 0. The van der Waals surface area contributed by atoms with Crippen LogP contribution in [0.5, 0.6) is 0 Å². The lowest BCUT2D eigenvalue weighted by Gasteiger charge is -2.27. The summed E-state index contributed by atoms with van der Waals surface area (Å²) >= 11 is 0. The monoisotopic (exact) mass is 1010 g/mol. The lowest BCUT2D eigenvalue weighted by atomic mass is 9.81. The average molecular weight is 1010 g/mol. The Balaban J connectivity index is 5.40. The fourth-order valence-corrected chi connectivity index (χ4v) is 13.6. The Hall–Kier alpha value is -0.200. The van der Waals surface area contributed by atoms with Gasteiger partial charge in [0.25, 0.3) is 0 Å². The lowest BCUT2D eigenvalue weighted by Crippen LogP contribution is -2.28. The van der Waals surface area contributed by atoms with Gasteiger partial charge in [0.1, 0.15) is 0 Å². The minimum Gasteiger partial charge on any atom is -0.393 e. The third kappa shape index (κ3) is 45.7. The predicted molar refractivity (Wildman–Crippen MR) is 313 cm³/mol. The van der Waals surface area contributed by atoms with Gasteiger partial charge in [0.15, 0.2) is 12.6 Å². The molecule has 0 heterocycles. The van der Waals surface area contributed by atoms with Crippen LogP contribution in [0.15, 0.2) is 0 Å². The minimum atomic E-state index is -0.187. The Morgan fingerprint density at radius 1 is 0.254 bits per heavy atom. The zero-order valence-corrected chi connectivity index (χ0v) is 51.4. The van der Waals surface area contributed by atoms with Gasteiger partial charge in [-0.05, 0) is 200 Å². The van der Waals surface area contributed by atoms with Crippen molar-refractivity contribution in [3.63, 3.8) is 0 Å². The quantitative estimate of drug-likeness (QED) is 0.0469. The van der Waals surface area contributed by atoms with E-state index >= 15 is 0 Å². The summed E-state index contributed by atoms with van der Waals surface area (Å²) in [5.41, 5.74) is 0. The van der Waals surface area contributed by atoms with E-state index in [4.69, 9.17) is 14.2 Å². The van der Waals surface area contributed by atoms with Crippen LogP contribution in [0.4, 0.5) is 0 Å². The summed E-state index contributed by atoms with van der Waals surface area (Å²) in [5, 5.41) is 19.7. The van der Waals surface area contributed by atoms with Gasteiger partial charge in [-0.1, -0.05) is 187 Å². The summed E-state index contributed by atoms with van der Waals surface area (Å²) < 4.78 is 20.3. The number of unbranched alkanes of at least 4 members (excludes halogenated alkanes) is 12. The van der Waals surface area contributed by atoms with Gasteiger partial charge < -0.3 is 24.4 Å². The van der Waals surface area contributed by atoms with Crippen LogP contribution in [-0.4, -0.2) is 48.2 Å². The third-order valence-electron chi connectivity index (χ3n) is 16.2. The predicted octanol–water partition coefficient (Wildman–Crippen LogP) is 20.6. The van der Waals surface area contributed by atoms with Gasteiger partial charge in [-0.2, -0.15) is 0 Å². The second-order valence-corrected chi connectivity index (χ2v) is 26.6. The number of hydrogen-bond acceptors (Lipinski definition) is 5. The molecule has 0 aliphatic heterocycles. The van der Waals surface area contributed by atoms with Gasteiger partial charge in [0.2, 0.25) is 0 Å². The molecule has 71 heavy (non-hydrogen) atoms. The molecule has 0 aliphatic rings. The van der Waals surface area contributed by atoms with Crippen molar-refractivity contribution in [2.24, 2.45) is 71.0 Å². The van der Waals surface area contributed by atoms with E-state index in [-0.39, 0.29) is 24.8 Å². The van der Waals surface area contributed by atoms with Crippen molar-refractivity contribution in [3.8, 4) is 0 Å². The summed E-state index contributed by atoms with van der Waals surface area (Å²) in [7, 11) is 0. The van der Waals surface area contributed by atoms with Crippen LogP contribution in [-0.2, 0) is 14.2 Å². The molecule has 0 spiro atoms. The summed E-state index contributed by atoms with van der Waals surface area (Å²) in [6.07, 6.45) is 38.9. The van der Waals surface area contributed by atoms with E-state index in [1.807, 2.05) is 13.8 Å². The van der Waals surface area contributed by atoms with Gasteiger partial charge in [-0.25, -0.2) is 0 Å². The molecule has 0 saturated carbocycles. The lowest BCUT2D eigenvalue weighted by molar-refractivity contribution is -0.250. The van der Waals surface area contributed by atoms with Crippen molar-refractivity contribution in [1.82, 2.24) is 0 Å². The molecule has 0 radical (unpaired) electrons. The van der Waals surface area contributed by atoms with Crippen molar-refractivity contribution in [1.29, 1.82) is 0 Å². The van der Waals surface area contributed by atoms with E-state index in [0.717, 1.165) is 112 Å². The van der Waals surface area contributed by atoms with Crippen LogP contribution in [0.1, 0.15) is 316 Å². The summed E-state index contributed by atoms with van der Waals surface area (Å²) in [5.74, 6) is 8.62. The fraction of sp³-hybridized carbons (Fsp3) is 1.00. The van der Waals surface area contributed by atoms with E-state index in [2.05, 4.69) is 96.9 Å². The van der Waals surface area contributed by atoms with E-state index in [0.29, 0.717) is 23.7 Å². The van der Waals surface area contributed by atoms with Gasteiger partial charge >= 0.3 is 0 Å². The number of aliphatic hydroxyl groups is 2. The summed E-state index contributed by atoms with van der Waals surface area (Å²) in [4.78, 5) is 0. The van der Waals surface area contributed by atoms with Crippen LogP contribution in [0.2, 0.25) is 0 Å². The molecule has 5 nitrogen and oxygen atoms in total. The SMILES string of the molecule is CCCCCCCCCOC(CCCC(C)CC(C)CC(C)CC(C)CC(C)CC(C)CC(C)O)OC(CCCC(C)CC(C)CC(C)CC(C)CC(C)CC(C)CC(C)O)OCCCCCCCCC. The van der Waals surface area contributed by atoms with Crippen molar-refractivity contribution in [2.75, 3.05) is 13.2 Å². The van der Waals surface area contributed by atoms with Crippen LogP contribution in [0.3, 0.4) is 0 Å². The molecule has 428 valence electrons. The van der Waals surface area contributed by atoms with Crippen molar-refractivity contribution in [2.45, 2.75) is 341 Å². The van der Waals surface area contributed by atoms with Crippen molar-refractivity contribution >= 4 is 0 Å². The highest BCUT2D eigenvalue weighted by molar-refractivity contribution is 4.72. The average Bonchev–Trinajstić information content (AvgIpc) is 3.23. The number of hydrogen-bond donors (Lipinski definition) is 2. The number of ether oxygens (including phenoxy) is 3. The van der Waals surface area contributed by atoms with E-state index in [1.165, 1.54) is 154 Å². The van der Waals surface area contributed by atoms with Gasteiger partial charge in [0.05, 0.1) is 12.2 Å². The highest BCUT2D eigenvalue weighted by Gasteiger charge is 2.23. The Morgan fingerprint density at radius 3 is 0.732 bits per heavy atom. The van der Waals surface area contributed by atoms with Crippen LogP contribution in [0, 0.1) is 71.0 Å². The molecule has 16 atom stereocenters. The molecule has 0 aliphatic carbocycles. The standard InChI is InChI=1S/C66H134O5/c1-17-19-21-23-25-27-29-37-69-65(35-31-33-51(3)39-53(5)41-55(7)43-57(9)45-59(11)47-61(13)49-63(15)67)71-66(70-38-30-28-26-24-22-20-18-2)36-32-34-52(4)40-54(6)42-56(8)44-58(10)46-60(12)48-62(14)50-64(16)68/h51-68H,17-50H2,1-16H3. The normalized spacial score (nSPS) is 19.2. The first-order valence-electron chi connectivity index (χ1n) is 32.0. The molecule has 0 amide bonds. The van der Waals surface area contributed by atoms with E-state index < -0.39 is 0 Å². The molecular formula is C66H134O5. The highest BCUT2D eigenvalue weighted by Crippen LogP contribution is 2.32.